The van der Waals surface area contributed by atoms with Crippen LogP contribution in [0.15, 0.2) is 24.3 Å². The van der Waals surface area contributed by atoms with Crippen molar-refractivity contribution in [2.24, 2.45) is 0 Å². The molecule has 1 rings (SSSR count). The van der Waals surface area contributed by atoms with E-state index < -0.39 is 0 Å². The predicted octanol–water partition coefficient (Wildman–Crippen LogP) is 1.84. The number of nitrogens with zero attached hydrogens (tertiary/aromatic N) is 1. The van der Waals surface area contributed by atoms with Crippen molar-refractivity contribution in [2.75, 3.05) is 18.2 Å². The van der Waals surface area contributed by atoms with Crippen LogP contribution in [-0.2, 0) is 16.1 Å². The molecule has 1 aromatic carbocycles. The van der Waals surface area contributed by atoms with Crippen LogP contribution >= 0.6 is 11.6 Å². The normalized spacial score (nSPS) is 9.82. The quantitative estimate of drug-likeness (QED) is 0.834. The average molecular weight is 255 g/mol. The van der Waals surface area contributed by atoms with Crippen molar-refractivity contribution in [1.82, 2.24) is 4.90 Å². The van der Waals surface area contributed by atoms with Crippen molar-refractivity contribution < 1.29 is 9.59 Å². The number of halogens is 1. The molecule has 0 radical (unpaired) electrons. The molecule has 0 aliphatic carbocycles. The second-order valence-corrected chi connectivity index (χ2v) is 4.03. The number of alkyl halides is 1. The zero-order valence-corrected chi connectivity index (χ0v) is 10.6. The molecule has 17 heavy (non-hydrogen) atoms. The topological polar surface area (TPSA) is 49.4 Å². The number of nitrogens with one attached hydrogen (secondary N) is 1. The largest absolute Gasteiger partial charge is 0.340 e. The Morgan fingerprint density at radius 3 is 2.71 bits per heavy atom. The first-order valence-corrected chi connectivity index (χ1v) is 5.73. The molecule has 4 nitrogen and oxygen atoms in total. The van der Waals surface area contributed by atoms with E-state index >= 15 is 0 Å². The highest BCUT2D eigenvalue weighted by Crippen LogP contribution is 2.12. The number of carbonyl (C=O) groups excluding carboxylic acids is 2. The van der Waals surface area contributed by atoms with E-state index in [1.165, 1.54) is 6.92 Å². The van der Waals surface area contributed by atoms with E-state index in [4.69, 9.17) is 11.6 Å². The number of anilines is 1. The van der Waals surface area contributed by atoms with Gasteiger partial charge >= 0.3 is 0 Å². The first kappa shape index (κ1) is 13.5. The molecule has 0 fully saturated rings. The van der Waals surface area contributed by atoms with E-state index in [0.717, 1.165) is 11.3 Å². The molecular weight excluding hydrogens is 240 g/mol. The van der Waals surface area contributed by atoms with E-state index in [9.17, 15) is 9.59 Å². The van der Waals surface area contributed by atoms with Gasteiger partial charge in [-0.3, -0.25) is 9.59 Å². The minimum Gasteiger partial charge on any atom is -0.340 e. The van der Waals surface area contributed by atoms with Crippen LogP contribution in [0.4, 0.5) is 5.69 Å². The van der Waals surface area contributed by atoms with Crippen LogP contribution < -0.4 is 5.32 Å². The number of rotatable bonds is 4. The smallest absolute Gasteiger partial charge is 0.237 e. The van der Waals surface area contributed by atoms with E-state index in [1.807, 2.05) is 18.2 Å². The van der Waals surface area contributed by atoms with Gasteiger partial charge in [0, 0.05) is 26.2 Å². The lowest BCUT2D eigenvalue weighted by Crippen LogP contribution is -2.27. The van der Waals surface area contributed by atoms with Gasteiger partial charge in [0.05, 0.1) is 0 Å². The highest BCUT2D eigenvalue weighted by atomic mass is 35.5. The standard InChI is InChI=1S/C12H15ClN2O2/c1-9(16)14-11-5-3-4-10(6-11)8-15(2)12(17)7-13/h3-6H,7-8H2,1-2H3,(H,14,16). The third-order valence-electron chi connectivity index (χ3n) is 2.21. The SMILES string of the molecule is CC(=O)Nc1cccc(CN(C)C(=O)CCl)c1. The maximum atomic E-state index is 11.3. The van der Waals surface area contributed by atoms with Gasteiger partial charge in [0.1, 0.15) is 5.88 Å². The predicted molar refractivity (Wildman–Crippen MR) is 67.9 cm³/mol. The summed E-state index contributed by atoms with van der Waals surface area (Å²) in [7, 11) is 1.69. The molecule has 1 N–H and O–H groups in total. The zero-order valence-electron chi connectivity index (χ0n) is 9.87. The van der Waals surface area contributed by atoms with Crippen LogP contribution in [0.3, 0.4) is 0 Å². The Bertz CT molecular complexity index is 421. The van der Waals surface area contributed by atoms with E-state index in [0.29, 0.717) is 6.54 Å². The van der Waals surface area contributed by atoms with Crippen molar-refractivity contribution in [3.63, 3.8) is 0 Å². The molecule has 5 heteroatoms. The van der Waals surface area contributed by atoms with Crippen molar-refractivity contribution in [2.45, 2.75) is 13.5 Å². The fourth-order valence-electron chi connectivity index (χ4n) is 1.41. The van der Waals surface area contributed by atoms with Gasteiger partial charge in [0.15, 0.2) is 0 Å². The Labute approximate surface area is 106 Å². The highest BCUT2D eigenvalue weighted by molar-refractivity contribution is 6.27. The minimum atomic E-state index is -0.128. The molecule has 0 aromatic heterocycles. The minimum absolute atomic E-state index is 0.0259. The van der Waals surface area contributed by atoms with E-state index in [2.05, 4.69) is 5.32 Å². The molecule has 0 bridgehead atoms. The molecule has 0 aliphatic heterocycles. The number of hydrogen-bond acceptors (Lipinski definition) is 2. The van der Waals surface area contributed by atoms with Crippen molar-refractivity contribution in [3.8, 4) is 0 Å². The molecule has 0 aliphatic rings. The third kappa shape index (κ3) is 4.44. The summed E-state index contributed by atoms with van der Waals surface area (Å²) < 4.78 is 0. The summed E-state index contributed by atoms with van der Waals surface area (Å²) in [5.41, 5.74) is 1.67. The summed E-state index contributed by atoms with van der Waals surface area (Å²) in [6.45, 7) is 1.93. The fourth-order valence-corrected chi connectivity index (χ4v) is 1.62. The van der Waals surface area contributed by atoms with Crippen LogP contribution in [-0.4, -0.2) is 29.6 Å². The average Bonchev–Trinajstić information content (AvgIpc) is 2.27. The summed E-state index contributed by atoms with van der Waals surface area (Å²) in [5.74, 6) is -0.272. The molecule has 1 aromatic rings. The van der Waals surface area contributed by atoms with E-state index in [1.54, 1.807) is 18.0 Å². The molecule has 92 valence electrons. The van der Waals surface area contributed by atoms with Crippen LogP contribution in [0.2, 0.25) is 0 Å². The molecule has 0 saturated carbocycles. The first-order chi connectivity index (χ1) is 8.02. The summed E-state index contributed by atoms with van der Waals surface area (Å²) in [4.78, 5) is 23.8. The second-order valence-electron chi connectivity index (χ2n) is 3.76. The Hall–Kier alpha value is -1.55. The van der Waals surface area contributed by atoms with Gasteiger partial charge in [0.2, 0.25) is 11.8 Å². The van der Waals surface area contributed by atoms with Crippen molar-refractivity contribution in [3.05, 3.63) is 29.8 Å². The Kier molecular flexibility index (Phi) is 4.97. The van der Waals surface area contributed by atoms with Crippen LogP contribution in [0.1, 0.15) is 12.5 Å². The van der Waals surface area contributed by atoms with Gasteiger partial charge in [-0.25, -0.2) is 0 Å². The maximum Gasteiger partial charge on any atom is 0.237 e. The number of amides is 2. The lowest BCUT2D eigenvalue weighted by molar-refractivity contribution is -0.127. The second kappa shape index (κ2) is 6.25. The van der Waals surface area contributed by atoms with Gasteiger partial charge in [-0.1, -0.05) is 12.1 Å². The van der Waals surface area contributed by atoms with Crippen LogP contribution in [0.25, 0.3) is 0 Å². The van der Waals surface area contributed by atoms with Crippen LogP contribution in [0, 0.1) is 0 Å². The van der Waals surface area contributed by atoms with Crippen molar-refractivity contribution in [1.29, 1.82) is 0 Å². The van der Waals surface area contributed by atoms with Gasteiger partial charge < -0.3 is 10.2 Å². The number of carbonyl (C=O) groups is 2. The lowest BCUT2D eigenvalue weighted by atomic mass is 10.2. The molecule has 0 heterocycles. The summed E-state index contributed by atoms with van der Waals surface area (Å²) in [6.07, 6.45) is 0. The maximum absolute atomic E-state index is 11.3. The molecule has 0 unspecified atom stereocenters. The van der Waals surface area contributed by atoms with Crippen LogP contribution in [0.5, 0.6) is 0 Å². The van der Waals surface area contributed by atoms with Gasteiger partial charge in [0.25, 0.3) is 0 Å². The Morgan fingerprint density at radius 2 is 2.12 bits per heavy atom. The van der Waals surface area contributed by atoms with Crippen molar-refractivity contribution >= 4 is 29.1 Å². The third-order valence-corrected chi connectivity index (χ3v) is 2.44. The first-order valence-electron chi connectivity index (χ1n) is 5.19. The lowest BCUT2D eigenvalue weighted by Gasteiger charge is -2.16. The molecule has 2 amide bonds. The molecule has 0 atom stereocenters. The fraction of sp³-hybridized carbons (Fsp3) is 0.333. The number of hydrogen-bond donors (Lipinski definition) is 1. The summed E-state index contributed by atoms with van der Waals surface area (Å²) in [6, 6.07) is 7.36. The summed E-state index contributed by atoms with van der Waals surface area (Å²) >= 11 is 5.46. The monoisotopic (exact) mass is 254 g/mol. The highest BCUT2D eigenvalue weighted by Gasteiger charge is 2.07. The molecule has 0 saturated heterocycles. The van der Waals surface area contributed by atoms with Gasteiger partial charge in [-0.15, -0.1) is 11.6 Å². The summed E-state index contributed by atoms with van der Waals surface area (Å²) in [5, 5.41) is 2.69. The molecular formula is C12H15ClN2O2. The Balaban J connectivity index is 2.71. The Morgan fingerprint density at radius 1 is 1.41 bits per heavy atom. The van der Waals surface area contributed by atoms with Gasteiger partial charge in [-0.2, -0.15) is 0 Å². The zero-order chi connectivity index (χ0) is 12.8. The van der Waals surface area contributed by atoms with Gasteiger partial charge in [-0.05, 0) is 17.7 Å². The number of benzene rings is 1. The van der Waals surface area contributed by atoms with E-state index in [-0.39, 0.29) is 17.7 Å². The molecule has 0 spiro atoms.